The Labute approximate surface area is 65.7 Å². The molecule has 1 rings (SSSR count). The third kappa shape index (κ3) is 1.71. The van der Waals surface area contributed by atoms with Crippen molar-refractivity contribution in [3.63, 3.8) is 0 Å². The first-order valence-corrected chi connectivity index (χ1v) is 4.05. The zero-order valence-corrected chi connectivity index (χ0v) is 7.39. The van der Waals surface area contributed by atoms with E-state index in [2.05, 4.69) is 48.4 Å². The van der Waals surface area contributed by atoms with Gasteiger partial charge in [0.05, 0.1) is 0 Å². The van der Waals surface area contributed by atoms with Crippen LogP contribution in [0.4, 0.5) is 0 Å². The van der Waals surface area contributed by atoms with Crippen molar-refractivity contribution in [2.24, 2.45) is 0 Å². The van der Waals surface area contributed by atoms with Crippen LogP contribution in [0.25, 0.3) is 0 Å². The molecule has 1 aromatic carbocycles. The number of hydrogen-bond acceptors (Lipinski definition) is 0. The smallest absolute Gasteiger partial charge is 0.0327 e. The van der Waals surface area contributed by atoms with E-state index in [1.54, 1.807) is 0 Å². The average molecular weight is 147 g/mol. The largest absolute Gasteiger partial charge is 0.0617 e. The molecule has 10 heavy (non-hydrogen) atoms. The number of benzene rings is 1. The van der Waals surface area contributed by atoms with Crippen LogP contribution in [0.1, 0.15) is 23.6 Å². The van der Waals surface area contributed by atoms with Gasteiger partial charge in [0.1, 0.15) is 0 Å². The van der Waals surface area contributed by atoms with Gasteiger partial charge in [-0.05, 0) is 18.0 Å². The van der Waals surface area contributed by atoms with E-state index >= 15 is 0 Å². The molecule has 1 heteroatoms. The van der Waals surface area contributed by atoms with Crippen molar-refractivity contribution >= 4 is 10.2 Å². The monoisotopic (exact) mass is 147 g/mol. The van der Waals surface area contributed by atoms with Gasteiger partial charge in [0, 0.05) is 10.2 Å². The Morgan fingerprint density at radius 1 is 1.40 bits per heavy atom. The van der Waals surface area contributed by atoms with Gasteiger partial charge in [-0.1, -0.05) is 36.8 Å². The average Bonchev–Trinajstić information content (AvgIpc) is 1.88. The normalized spacial score (nSPS) is 13.1. The molecule has 0 aliphatic heterocycles. The summed E-state index contributed by atoms with van der Waals surface area (Å²) in [5.74, 6) is 0. The van der Waals surface area contributed by atoms with Crippen molar-refractivity contribution in [3.8, 4) is 0 Å². The molecule has 1 atom stereocenters. The van der Waals surface area contributed by atoms with Gasteiger partial charge in [0.2, 0.25) is 0 Å². The van der Waals surface area contributed by atoms with Crippen LogP contribution < -0.4 is 0 Å². The van der Waals surface area contributed by atoms with E-state index in [0.29, 0.717) is 5.54 Å². The topological polar surface area (TPSA) is 0 Å². The van der Waals surface area contributed by atoms with Crippen LogP contribution in [-0.2, 0) is 0 Å². The third-order valence-electron chi connectivity index (χ3n) is 1.54. The molecule has 0 aromatic heterocycles. The van der Waals surface area contributed by atoms with Gasteiger partial charge >= 0.3 is 0 Å². The van der Waals surface area contributed by atoms with E-state index in [0.717, 1.165) is 0 Å². The van der Waals surface area contributed by atoms with Crippen LogP contribution in [0.5, 0.6) is 0 Å². The molecule has 0 heterocycles. The van der Waals surface area contributed by atoms with Crippen LogP contribution in [0.3, 0.4) is 0 Å². The van der Waals surface area contributed by atoms with E-state index in [-0.39, 0.29) is 0 Å². The third-order valence-corrected chi connectivity index (χ3v) is 1.88. The number of aryl methyl sites for hydroxylation is 1. The Kier molecular flexibility index (Phi) is 2.28. The minimum Gasteiger partial charge on any atom is -0.0617 e. The second-order valence-electron chi connectivity index (χ2n) is 2.64. The number of rotatable bonds is 1. The molecule has 0 aliphatic carbocycles. The first-order valence-electron chi connectivity index (χ1n) is 3.48. The predicted octanol–water partition coefficient (Wildman–Crippen LogP) is 2.22. The molecule has 0 aliphatic rings. The van der Waals surface area contributed by atoms with Crippen molar-refractivity contribution in [1.29, 1.82) is 0 Å². The van der Waals surface area contributed by atoms with Crippen LogP contribution in [0.15, 0.2) is 24.3 Å². The van der Waals surface area contributed by atoms with Crippen LogP contribution in [0, 0.1) is 6.92 Å². The van der Waals surface area contributed by atoms with E-state index in [1.165, 1.54) is 11.1 Å². The fraction of sp³-hybridized carbons (Fsp3) is 0.333. The highest BCUT2D eigenvalue weighted by molar-refractivity contribution is 6.12. The predicted molar refractivity (Wildman–Crippen MR) is 45.3 cm³/mol. The quantitative estimate of drug-likeness (QED) is 0.534. The summed E-state index contributed by atoms with van der Waals surface area (Å²) >= 11 is 0. The van der Waals surface area contributed by atoms with Crippen molar-refractivity contribution in [2.75, 3.05) is 0 Å². The van der Waals surface area contributed by atoms with Gasteiger partial charge in [-0.25, -0.2) is 0 Å². The Morgan fingerprint density at radius 2 is 2.10 bits per heavy atom. The van der Waals surface area contributed by atoms with Gasteiger partial charge < -0.3 is 0 Å². The van der Waals surface area contributed by atoms with E-state index in [9.17, 15) is 0 Å². The molecule has 1 unspecified atom stereocenters. The lowest BCUT2D eigenvalue weighted by Gasteiger charge is -2.04. The standard InChI is InChI=1S/C9H11Si/c1-7-4-3-5-9(6-7)8(2)10/h3-6,8H,1-2H3. The molecule has 0 amide bonds. The summed E-state index contributed by atoms with van der Waals surface area (Å²) in [4.78, 5) is 0. The van der Waals surface area contributed by atoms with Gasteiger partial charge in [-0.15, -0.1) is 0 Å². The molecular formula is C9H11Si. The van der Waals surface area contributed by atoms with Crippen molar-refractivity contribution in [1.82, 2.24) is 0 Å². The Hall–Kier alpha value is -0.563. The van der Waals surface area contributed by atoms with Crippen molar-refractivity contribution < 1.29 is 0 Å². The maximum Gasteiger partial charge on any atom is 0.0327 e. The number of hydrogen-bond donors (Lipinski definition) is 0. The lowest BCUT2D eigenvalue weighted by atomic mass is 10.1. The Bertz CT molecular complexity index is 216. The minimum absolute atomic E-state index is 0.458. The zero-order valence-electron chi connectivity index (χ0n) is 6.39. The van der Waals surface area contributed by atoms with Gasteiger partial charge in [0.25, 0.3) is 0 Å². The van der Waals surface area contributed by atoms with Crippen LogP contribution in [0.2, 0.25) is 0 Å². The Morgan fingerprint density at radius 3 is 2.50 bits per heavy atom. The summed E-state index contributed by atoms with van der Waals surface area (Å²) in [6, 6.07) is 8.52. The summed E-state index contributed by atoms with van der Waals surface area (Å²) in [6.45, 7) is 4.24. The highest BCUT2D eigenvalue weighted by atomic mass is 28.1. The van der Waals surface area contributed by atoms with Gasteiger partial charge in [-0.2, -0.15) is 0 Å². The molecule has 0 saturated heterocycles. The maximum absolute atomic E-state index is 3.56. The first-order chi connectivity index (χ1) is 4.70. The molecule has 0 fully saturated rings. The zero-order chi connectivity index (χ0) is 7.56. The van der Waals surface area contributed by atoms with Gasteiger partial charge in [-0.3, -0.25) is 0 Å². The second kappa shape index (κ2) is 3.02. The fourth-order valence-electron chi connectivity index (χ4n) is 0.939. The molecule has 0 saturated carbocycles. The van der Waals surface area contributed by atoms with E-state index in [4.69, 9.17) is 0 Å². The SMILES string of the molecule is Cc1cccc(C(C)[Si])c1. The highest BCUT2D eigenvalue weighted by Gasteiger charge is 1.96. The summed E-state index contributed by atoms with van der Waals surface area (Å²) in [5, 5.41) is 0. The molecule has 0 spiro atoms. The summed E-state index contributed by atoms with van der Waals surface area (Å²) in [7, 11) is 3.56. The maximum atomic E-state index is 3.56. The second-order valence-corrected chi connectivity index (χ2v) is 3.50. The molecule has 1 aromatic rings. The summed E-state index contributed by atoms with van der Waals surface area (Å²) < 4.78 is 0. The van der Waals surface area contributed by atoms with Gasteiger partial charge in [0.15, 0.2) is 0 Å². The molecule has 0 N–H and O–H groups in total. The molecule has 0 bridgehead atoms. The highest BCUT2D eigenvalue weighted by Crippen LogP contribution is 2.11. The van der Waals surface area contributed by atoms with Crippen LogP contribution >= 0.6 is 0 Å². The molecular weight excluding hydrogens is 136 g/mol. The lowest BCUT2D eigenvalue weighted by Crippen LogP contribution is -1.91. The van der Waals surface area contributed by atoms with E-state index in [1.807, 2.05) is 0 Å². The lowest BCUT2D eigenvalue weighted by molar-refractivity contribution is 1.08. The van der Waals surface area contributed by atoms with Crippen LogP contribution in [-0.4, -0.2) is 10.2 Å². The van der Waals surface area contributed by atoms with Crippen molar-refractivity contribution in [2.45, 2.75) is 19.4 Å². The van der Waals surface area contributed by atoms with E-state index < -0.39 is 0 Å². The fourth-order valence-corrected chi connectivity index (χ4v) is 1.12. The summed E-state index contributed by atoms with van der Waals surface area (Å²) in [6.07, 6.45) is 0. The van der Waals surface area contributed by atoms with Crippen molar-refractivity contribution in [3.05, 3.63) is 35.4 Å². The molecule has 3 radical (unpaired) electrons. The summed E-state index contributed by atoms with van der Waals surface area (Å²) in [5.41, 5.74) is 3.12. The molecule has 51 valence electrons. The Balaban J connectivity index is 2.96. The minimum atomic E-state index is 0.458. The first kappa shape index (κ1) is 7.54. The molecule has 0 nitrogen and oxygen atoms in total.